The van der Waals surface area contributed by atoms with E-state index in [1.54, 1.807) is 0 Å². The van der Waals surface area contributed by atoms with E-state index >= 15 is 0 Å². The molecule has 0 amide bonds. The van der Waals surface area contributed by atoms with Gasteiger partial charge in [-0.1, -0.05) is 137 Å². The van der Waals surface area contributed by atoms with Crippen LogP contribution in [0.1, 0.15) is 62.3 Å². The van der Waals surface area contributed by atoms with Crippen LogP contribution in [0.25, 0.3) is 50.0 Å². The Morgan fingerprint density at radius 3 is 2.02 bits per heavy atom. The molecule has 1 aromatic heterocycles. The largest absolute Gasteiger partial charge is 0.457 e. The maximum absolute atomic E-state index is 6.59. The summed E-state index contributed by atoms with van der Waals surface area (Å²) in [5.41, 5.74) is 14.7. The van der Waals surface area contributed by atoms with Crippen LogP contribution in [-0.4, -0.2) is 0 Å². The number of nitrogens with zero attached hydrogens (tertiary/aromatic N) is 1. The molecule has 0 N–H and O–H groups in total. The number of hydrogen-bond acceptors (Lipinski definition) is 3. The Hall–Kier alpha value is -6.32. The normalized spacial score (nSPS) is 13.4. The fraction of sp³-hybridized carbons (Fsp3) is 0.137. The fourth-order valence-electron chi connectivity index (χ4n) is 8.33. The molecule has 1 heterocycles. The molecule has 9 rings (SSSR count). The highest BCUT2D eigenvalue weighted by atomic mass is 16.5. The Bertz CT molecular complexity index is 2670. The minimum absolute atomic E-state index is 0.0702. The van der Waals surface area contributed by atoms with Gasteiger partial charge in [-0.2, -0.15) is 0 Å². The minimum atomic E-state index is -0.0702. The van der Waals surface area contributed by atoms with Gasteiger partial charge in [-0.05, 0) is 100 Å². The third-order valence-corrected chi connectivity index (χ3v) is 11.4. The average Bonchev–Trinajstić information content (AvgIpc) is 3.70. The molecule has 0 bridgehead atoms. The van der Waals surface area contributed by atoms with Crippen LogP contribution in [-0.2, 0) is 5.41 Å². The summed E-state index contributed by atoms with van der Waals surface area (Å²) in [5, 5.41) is 2.15. The summed E-state index contributed by atoms with van der Waals surface area (Å²) in [6.07, 6.45) is 0.951. The molecule has 0 radical (unpaired) electrons. The number of benzene rings is 7. The molecule has 1 aliphatic rings. The quantitative estimate of drug-likeness (QED) is 0.140. The predicted molar refractivity (Wildman–Crippen MR) is 226 cm³/mol. The predicted octanol–water partition coefficient (Wildman–Crippen LogP) is 14.6. The summed E-state index contributed by atoms with van der Waals surface area (Å²) >= 11 is 0. The summed E-state index contributed by atoms with van der Waals surface area (Å²) in [5.74, 6) is 1.66. The molecule has 1 aliphatic carbocycles. The summed E-state index contributed by atoms with van der Waals surface area (Å²) in [6, 6.07) is 56.0. The van der Waals surface area contributed by atoms with Gasteiger partial charge in [0, 0.05) is 44.4 Å². The van der Waals surface area contributed by atoms with Gasteiger partial charge in [-0.15, -0.1) is 0 Å². The highest BCUT2D eigenvalue weighted by Gasteiger charge is 2.35. The maximum atomic E-state index is 6.59. The van der Waals surface area contributed by atoms with Crippen molar-refractivity contribution in [2.24, 2.45) is 0 Å². The zero-order valence-electron chi connectivity index (χ0n) is 31.3. The van der Waals surface area contributed by atoms with Crippen molar-refractivity contribution in [2.45, 2.75) is 45.4 Å². The van der Waals surface area contributed by atoms with E-state index in [1.807, 2.05) is 42.5 Å². The van der Waals surface area contributed by atoms with Gasteiger partial charge in [-0.3, -0.25) is 0 Å². The lowest BCUT2D eigenvalue weighted by molar-refractivity contribution is 0.503. The molecule has 7 aromatic carbocycles. The van der Waals surface area contributed by atoms with E-state index in [9.17, 15) is 0 Å². The molecule has 0 aliphatic heterocycles. The smallest absolute Gasteiger partial charge is 0.135 e. The van der Waals surface area contributed by atoms with Crippen molar-refractivity contribution in [3.8, 4) is 28.0 Å². The Kier molecular flexibility index (Phi) is 8.23. The molecule has 3 heteroatoms. The number of rotatable bonds is 9. The SMILES string of the molecule is C=C(Oc1ccc2oc3ccc(N(c4ccc(-c5ccccc5)cc4)c4ccc5c(c4)-c4ccccc4C5(C)C)cc3c2c1C(C)CC)c1ccccc1. The molecule has 54 heavy (non-hydrogen) atoms. The molecule has 8 aromatic rings. The summed E-state index contributed by atoms with van der Waals surface area (Å²) in [6.45, 7) is 13.5. The van der Waals surface area contributed by atoms with Gasteiger partial charge in [0.25, 0.3) is 0 Å². The Balaban J connectivity index is 1.22. The standard InChI is InChI=1S/C51H43NO2/c1-6-33(2)49-47(53-34(3)35-15-9-7-10-16-35)29-30-48-50(49)43-32-40(26-28-46(43)54-48)52(38-23-21-37(22-24-38)36-17-11-8-12-18-36)39-25-27-45-42(31-39)41-19-13-14-20-44(41)51(45,4)5/h7-33H,3,6H2,1-2,4-5H3. The second-order valence-corrected chi connectivity index (χ2v) is 15.0. The first-order valence-corrected chi connectivity index (χ1v) is 18.9. The highest BCUT2D eigenvalue weighted by Crippen LogP contribution is 2.51. The van der Waals surface area contributed by atoms with Crippen LogP contribution in [0.2, 0.25) is 0 Å². The molecule has 1 atom stereocenters. The molecule has 264 valence electrons. The van der Waals surface area contributed by atoms with Gasteiger partial charge in [0.2, 0.25) is 0 Å². The van der Waals surface area contributed by atoms with Crippen LogP contribution in [0.5, 0.6) is 5.75 Å². The van der Waals surface area contributed by atoms with Crippen molar-refractivity contribution >= 4 is 44.8 Å². The number of anilines is 3. The number of furan rings is 1. The van der Waals surface area contributed by atoms with Crippen LogP contribution in [0.3, 0.4) is 0 Å². The van der Waals surface area contributed by atoms with Crippen molar-refractivity contribution < 1.29 is 9.15 Å². The summed E-state index contributed by atoms with van der Waals surface area (Å²) in [4.78, 5) is 2.38. The Morgan fingerprint density at radius 1 is 0.648 bits per heavy atom. The van der Waals surface area contributed by atoms with E-state index in [4.69, 9.17) is 9.15 Å². The monoisotopic (exact) mass is 701 g/mol. The second kappa shape index (κ2) is 13.3. The molecule has 3 nitrogen and oxygen atoms in total. The Morgan fingerprint density at radius 2 is 1.26 bits per heavy atom. The first-order chi connectivity index (χ1) is 26.3. The Labute approximate surface area is 317 Å². The second-order valence-electron chi connectivity index (χ2n) is 15.0. The number of hydrogen-bond donors (Lipinski definition) is 0. The summed E-state index contributed by atoms with van der Waals surface area (Å²) in [7, 11) is 0. The highest BCUT2D eigenvalue weighted by molar-refractivity contribution is 6.09. The first-order valence-electron chi connectivity index (χ1n) is 18.9. The zero-order valence-corrected chi connectivity index (χ0v) is 31.3. The van der Waals surface area contributed by atoms with Crippen LogP contribution >= 0.6 is 0 Å². The van der Waals surface area contributed by atoms with Gasteiger partial charge in [0.05, 0.1) is 0 Å². The van der Waals surface area contributed by atoms with Gasteiger partial charge >= 0.3 is 0 Å². The van der Waals surface area contributed by atoms with Crippen molar-refractivity contribution in [2.75, 3.05) is 4.90 Å². The van der Waals surface area contributed by atoms with Crippen LogP contribution < -0.4 is 9.64 Å². The summed E-state index contributed by atoms with van der Waals surface area (Å²) < 4.78 is 13.2. The fourth-order valence-corrected chi connectivity index (χ4v) is 8.33. The molecular weight excluding hydrogens is 659 g/mol. The van der Waals surface area contributed by atoms with Crippen LogP contribution in [0, 0.1) is 0 Å². The molecule has 0 spiro atoms. The van der Waals surface area contributed by atoms with E-state index < -0.39 is 0 Å². The van der Waals surface area contributed by atoms with Crippen LogP contribution in [0.15, 0.2) is 169 Å². The topological polar surface area (TPSA) is 25.6 Å². The number of ether oxygens (including phenoxy) is 1. The third kappa shape index (κ3) is 5.59. The zero-order chi connectivity index (χ0) is 37.0. The number of fused-ring (bicyclic) bond motifs is 6. The van der Waals surface area contributed by atoms with Gasteiger partial charge in [0.15, 0.2) is 0 Å². The van der Waals surface area contributed by atoms with Crippen molar-refractivity contribution in [1.29, 1.82) is 0 Å². The minimum Gasteiger partial charge on any atom is -0.457 e. The van der Waals surface area contributed by atoms with E-state index in [0.717, 1.165) is 62.3 Å². The molecule has 0 saturated heterocycles. The molecule has 1 unspecified atom stereocenters. The van der Waals surface area contributed by atoms with Gasteiger partial charge in [0.1, 0.15) is 22.7 Å². The van der Waals surface area contributed by atoms with E-state index in [1.165, 1.54) is 33.4 Å². The first kappa shape index (κ1) is 33.5. The van der Waals surface area contributed by atoms with Crippen molar-refractivity contribution in [3.05, 3.63) is 187 Å². The van der Waals surface area contributed by atoms with Crippen molar-refractivity contribution in [3.63, 3.8) is 0 Å². The van der Waals surface area contributed by atoms with Crippen LogP contribution in [0.4, 0.5) is 17.1 Å². The third-order valence-electron chi connectivity index (χ3n) is 11.4. The van der Waals surface area contributed by atoms with Gasteiger partial charge < -0.3 is 14.1 Å². The lowest BCUT2D eigenvalue weighted by Crippen LogP contribution is -2.15. The lowest BCUT2D eigenvalue weighted by atomic mass is 9.82. The van der Waals surface area contributed by atoms with Crippen molar-refractivity contribution in [1.82, 2.24) is 0 Å². The molecule has 0 fully saturated rings. The van der Waals surface area contributed by atoms with Gasteiger partial charge in [-0.25, -0.2) is 0 Å². The van der Waals surface area contributed by atoms with E-state index in [0.29, 0.717) is 5.76 Å². The molecular formula is C51H43NO2. The maximum Gasteiger partial charge on any atom is 0.135 e. The lowest BCUT2D eigenvalue weighted by Gasteiger charge is -2.27. The molecule has 0 saturated carbocycles. The van der Waals surface area contributed by atoms with E-state index in [2.05, 4.69) is 154 Å². The van der Waals surface area contributed by atoms with E-state index in [-0.39, 0.29) is 11.3 Å². The average molecular weight is 702 g/mol.